The van der Waals surface area contributed by atoms with E-state index in [2.05, 4.69) is 37.8 Å². The fraction of sp³-hybridized carbons (Fsp3) is 0.333. The van der Waals surface area contributed by atoms with E-state index in [9.17, 15) is 4.39 Å². The van der Waals surface area contributed by atoms with Crippen LogP contribution in [-0.2, 0) is 0 Å². The maximum absolute atomic E-state index is 14.1. The molecule has 0 fully saturated rings. The lowest BCUT2D eigenvalue weighted by molar-refractivity contribution is 0.547. The number of benzene rings is 1. The molecule has 0 amide bonds. The summed E-state index contributed by atoms with van der Waals surface area (Å²) < 4.78 is 18.5. The van der Waals surface area contributed by atoms with Gasteiger partial charge in [-0.15, -0.1) is 5.10 Å². The molecule has 6 heteroatoms. The van der Waals surface area contributed by atoms with Gasteiger partial charge >= 0.3 is 0 Å². The molecule has 2 rings (SSSR count). The van der Waals surface area contributed by atoms with Gasteiger partial charge in [0, 0.05) is 5.56 Å². The normalized spacial score (nSPS) is 12.6. The summed E-state index contributed by atoms with van der Waals surface area (Å²) in [4.78, 5) is 0.917. The molecule has 0 radical (unpaired) electrons. The third kappa shape index (κ3) is 2.93. The van der Waals surface area contributed by atoms with Crippen LogP contribution in [0.3, 0.4) is 0 Å². The largest absolute Gasteiger partial charge is 0.305 e. The van der Waals surface area contributed by atoms with E-state index < -0.39 is 0 Å². The summed E-state index contributed by atoms with van der Waals surface area (Å²) in [7, 11) is 0. The van der Waals surface area contributed by atoms with Crippen LogP contribution in [0.15, 0.2) is 28.9 Å². The molecule has 1 aromatic carbocycles. The molecule has 18 heavy (non-hydrogen) atoms. The van der Waals surface area contributed by atoms with Crippen molar-refractivity contribution in [3.63, 3.8) is 0 Å². The van der Waals surface area contributed by atoms with Gasteiger partial charge in [0.2, 0.25) is 0 Å². The van der Waals surface area contributed by atoms with Gasteiger partial charge in [-0.1, -0.05) is 23.5 Å². The van der Waals surface area contributed by atoms with Crippen molar-refractivity contribution in [2.24, 2.45) is 0 Å². The predicted octanol–water partition coefficient (Wildman–Crippen LogP) is 3.53. The summed E-state index contributed by atoms with van der Waals surface area (Å²) in [6.07, 6.45) is 2.66. The fourth-order valence-corrected chi connectivity index (χ4v) is 2.68. The Labute approximate surface area is 118 Å². The molecule has 0 saturated heterocycles. The van der Waals surface area contributed by atoms with Crippen LogP contribution in [0.5, 0.6) is 0 Å². The molecule has 0 aliphatic rings. The Hall–Kier alpha value is -0.850. The third-order valence-electron chi connectivity index (χ3n) is 2.55. The van der Waals surface area contributed by atoms with Crippen LogP contribution in [0.2, 0.25) is 0 Å². The summed E-state index contributed by atoms with van der Waals surface area (Å²) in [6, 6.07) is 5.12. The van der Waals surface area contributed by atoms with E-state index >= 15 is 0 Å². The Morgan fingerprint density at radius 2 is 2.33 bits per heavy atom. The lowest BCUT2D eigenvalue weighted by Gasteiger charge is -2.17. The number of aromatic nitrogens is 2. The Morgan fingerprint density at radius 1 is 1.50 bits per heavy atom. The Balaban J connectivity index is 2.37. The van der Waals surface area contributed by atoms with Gasteiger partial charge in [-0.05, 0) is 46.5 Å². The van der Waals surface area contributed by atoms with E-state index in [1.54, 1.807) is 18.3 Å². The molecule has 0 spiro atoms. The minimum absolute atomic E-state index is 0.192. The van der Waals surface area contributed by atoms with Gasteiger partial charge in [-0.3, -0.25) is 0 Å². The highest BCUT2D eigenvalue weighted by molar-refractivity contribution is 9.10. The van der Waals surface area contributed by atoms with E-state index in [0.717, 1.165) is 17.8 Å². The first kappa shape index (κ1) is 13.6. The number of nitrogens with one attached hydrogen (secondary N) is 1. The first-order valence-electron chi connectivity index (χ1n) is 5.68. The second kappa shape index (κ2) is 6.36. The standard InChI is InChI=1S/C12H13BrFN3S/c1-2-6-15-12(10-7-16-17-18-10)8-4-3-5-9(13)11(8)14/h3-5,7,12,15H,2,6H2,1H3. The number of rotatable bonds is 5. The maximum Gasteiger partial charge on any atom is 0.142 e. The Bertz CT molecular complexity index is 504. The molecule has 2 aromatic rings. The number of halogens is 2. The van der Waals surface area contributed by atoms with Crippen LogP contribution in [0, 0.1) is 5.82 Å². The van der Waals surface area contributed by atoms with Crippen molar-refractivity contribution in [3.8, 4) is 0 Å². The van der Waals surface area contributed by atoms with Crippen molar-refractivity contribution in [2.75, 3.05) is 6.54 Å². The van der Waals surface area contributed by atoms with Crippen molar-refractivity contribution in [3.05, 3.63) is 45.1 Å². The summed E-state index contributed by atoms with van der Waals surface area (Å²) >= 11 is 4.50. The highest BCUT2D eigenvalue weighted by atomic mass is 79.9. The Morgan fingerprint density at radius 3 is 3.00 bits per heavy atom. The van der Waals surface area contributed by atoms with Crippen LogP contribution in [0.25, 0.3) is 0 Å². The first-order valence-corrected chi connectivity index (χ1v) is 7.25. The van der Waals surface area contributed by atoms with Crippen molar-refractivity contribution in [1.29, 1.82) is 0 Å². The van der Waals surface area contributed by atoms with Crippen LogP contribution in [-0.4, -0.2) is 16.1 Å². The monoisotopic (exact) mass is 329 g/mol. The van der Waals surface area contributed by atoms with Gasteiger partial charge in [-0.25, -0.2) is 4.39 Å². The van der Waals surface area contributed by atoms with Crippen molar-refractivity contribution in [1.82, 2.24) is 14.9 Å². The van der Waals surface area contributed by atoms with E-state index in [-0.39, 0.29) is 11.9 Å². The molecular formula is C12H13BrFN3S. The summed E-state index contributed by atoms with van der Waals surface area (Å²) in [6.45, 7) is 2.89. The second-order valence-electron chi connectivity index (χ2n) is 3.85. The molecule has 1 heterocycles. The molecule has 0 aliphatic carbocycles. The highest BCUT2D eigenvalue weighted by Gasteiger charge is 2.20. The summed E-state index contributed by atoms with van der Waals surface area (Å²) in [5, 5.41) is 7.15. The quantitative estimate of drug-likeness (QED) is 0.911. The lowest BCUT2D eigenvalue weighted by Crippen LogP contribution is -2.23. The molecule has 1 atom stereocenters. The first-order chi connectivity index (χ1) is 8.74. The molecule has 0 aliphatic heterocycles. The van der Waals surface area contributed by atoms with Gasteiger partial charge in [0.15, 0.2) is 0 Å². The molecular weight excluding hydrogens is 317 g/mol. The minimum Gasteiger partial charge on any atom is -0.305 e. The number of hydrogen-bond acceptors (Lipinski definition) is 4. The number of hydrogen-bond donors (Lipinski definition) is 1. The van der Waals surface area contributed by atoms with E-state index in [4.69, 9.17) is 0 Å². The molecule has 0 bridgehead atoms. The van der Waals surface area contributed by atoms with Crippen molar-refractivity contribution < 1.29 is 4.39 Å². The smallest absolute Gasteiger partial charge is 0.142 e. The van der Waals surface area contributed by atoms with Crippen LogP contribution in [0.4, 0.5) is 4.39 Å². The summed E-state index contributed by atoms with van der Waals surface area (Å²) in [5.41, 5.74) is 0.615. The van der Waals surface area contributed by atoms with Gasteiger partial charge < -0.3 is 5.32 Å². The van der Waals surface area contributed by atoms with Gasteiger partial charge in [-0.2, -0.15) is 0 Å². The van der Waals surface area contributed by atoms with Crippen molar-refractivity contribution in [2.45, 2.75) is 19.4 Å². The van der Waals surface area contributed by atoms with Crippen LogP contribution < -0.4 is 5.32 Å². The average molecular weight is 330 g/mol. The maximum atomic E-state index is 14.1. The zero-order chi connectivity index (χ0) is 13.0. The van der Waals surface area contributed by atoms with E-state index in [0.29, 0.717) is 10.0 Å². The molecule has 1 N–H and O–H groups in total. The molecule has 1 unspecified atom stereocenters. The molecule has 0 saturated carbocycles. The van der Waals surface area contributed by atoms with Gasteiger partial charge in [0.05, 0.1) is 21.6 Å². The lowest BCUT2D eigenvalue weighted by atomic mass is 10.1. The van der Waals surface area contributed by atoms with Crippen LogP contribution >= 0.6 is 27.5 Å². The zero-order valence-electron chi connectivity index (χ0n) is 9.86. The van der Waals surface area contributed by atoms with Crippen molar-refractivity contribution >= 4 is 27.5 Å². The Kier molecular flexibility index (Phi) is 4.79. The molecule has 3 nitrogen and oxygen atoms in total. The van der Waals surface area contributed by atoms with Gasteiger partial charge in [0.25, 0.3) is 0 Å². The topological polar surface area (TPSA) is 37.8 Å². The molecule has 96 valence electrons. The highest BCUT2D eigenvalue weighted by Crippen LogP contribution is 2.29. The predicted molar refractivity (Wildman–Crippen MR) is 74.1 cm³/mol. The summed E-state index contributed by atoms with van der Waals surface area (Å²) in [5.74, 6) is -0.237. The SMILES string of the molecule is CCCNC(c1cnns1)c1cccc(Br)c1F. The fourth-order valence-electron chi connectivity index (χ4n) is 1.70. The van der Waals surface area contributed by atoms with E-state index in [1.807, 2.05) is 6.07 Å². The number of nitrogens with zero attached hydrogens (tertiary/aromatic N) is 2. The van der Waals surface area contributed by atoms with Crippen LogP contribution in [0.1, 0.15) is 29.8 Å². The third-order valence-corrected chi connectivity index (χ3v) is 3.89. The van der Waals surface area contributed by atoms with E-state index in [1.165, 1.54) is 11.5 Å². The van der Waals surface area contributed by atoms with Gasteiger partial charge in [0.1, 0.15) is 5.82 Å². The minimum atomic E-state index is -0.237. The second-order valence-corrected chi connectivity index (χ2v) is 5.52. The zero-order valence-corrected chi connectivity index (χ0v) is 12.3. The average Bonchev–Trinajstić information content (AvgIpc) is 2.88. The molecule has 1 aromatic heterocycles.